The molecule has 0 aliphatic rings. The lowest BCUT2D eigenvalue weighted by atomic mass is 9.95. The largest absolute Gasteiger partial charge is 0.386 e. The van der Waals surface area contributed by atoms with E-state index in [1.54, 1.807) is 11.3 Å². The molecular weight excluding hydrogens is 262 g/mol. The van der Waals surface area contributed by atoms with Gasteiger partial charge in [-0.25, -0.2) is 0 Å². The van der Waals surface area contributed by atoms with Gasteiger partial charge in [0.15, 0.2) is 0 Å². The average molecular weight is 278 g/mol. The normalized spacial score (nSPS) is 14.8. The average Bonchev–Trinajstić information content (AvgIpc) is 2.49. The van der Waals surface area contributed by atoms with Gasteiger partial charge in [0.05, 0.1) is 0 Å². The highest BCUT2D eigenvalue weighted by atomic mass is 79.9. The summed E-state index contributed by atoms with van der Waals surface area (Å²) >= 11 is 5.02. The topological polar surface area (TPSA) is 23.5 Å². The van der Waals surface area contributed by atoms with Crippen LogP contribution in [0.5, 0.6) is 0 Å². The molecule has 1 rings (SSSR count). The van der Waals surface area contributed by atoms with Crippen LogP contribution in [0.2, 0.25) is 0 Å². The van der Waals surface area contributed by atoms with E-state index in [1.807, 2.05) is 44.3 Å². The van der Waals surface area contributed by atoms with E-state index in [-0.39, 0.29) is 5.54 Å². The number of halogens is 1. The first-order valence-electron chi connectivity index (χ1n) is 4.45. The zero-order valence-electron chi connectivity index (χ0n) is 8.91. The molecule has 0 saturated heterocycles. The first-order chi connectivity index (χ1) is 6.37. The monoisotopic (exact) mass is 277 g/mol. The van der Waals surface area contributed by atoms with Gasteiger partial charge in [-0.2, -0.15) is 0 Å². The smallest absolute Gasteiger partial charge is 0.107 e. The van der Waals surface area contributed by atoms with Crippen molar-refractivity contribution in [3.63, 3.8) is 0 Å². The van der Waals surface area contributed by atoms with Gasteiger partial charge < -0.3 is 10.0 Å². The molecule has 14 heavy (non-hydrogen) atoms. The number of thiophene rings is 1. The molecule has 1 aromatic heterocycles. The van der Waals surface area contributed by atoms with Crippen LogP contribution in [0.3, 0.4) is 0 Å². The van der Waals surface area contributed by atoms with E-state index in [0.29, 0.717) is 0 Å². The van der Waals surface area contributed by atoms with Crippen LogP contribution in [-0.4, -0.2) is 29.6 Å². The fourth-order valence-electron chi connectivity index (χ4n) is 1.07. The first-order valence-corrected chi connectivity index (χ1v) is 6.13. The predicted octanol–water partition coefficient (Wildman–Crippen LogP) is 2.88. The van der Waals surface area contributed by atoms with Crippen molar-refractivity contribution in [3.8, 4) is 0 Å². The van der Waals surface area contributed by atoms with Gasteiger partial charge in [0.1, 0.15) is 6.10 Å². The maximum absolute atomic E-state index is 10.2. The standard InChI is InChI=1S/C10H16BrNOS/c1-10(2,12(3)4)9(13)8-7(11)5-6-14-8/h5-6,9,13H,1-4H3. The molecule has 4 heteroatoms. The Bertz CT molecular complexity index is 309. The zero-order chi connectivity index (χ0) is 10.9. The number of hydrogen-bond acceptors (Lipinski definition) is 3. The van der Waals surface area contributed by atoms with E-state index in [2.05, 4.69) is 15.9 Å². The Hall–Kier alpha value is 0.100. The Labute approximate surface area is 97.7 Å². The molecule has 1 unspecified atom stereocenters. The molecule has 0 amide bonds. The van der Waals surface area contributed by atoms with Crippen molar-refractivity contribution in [2.45, 2.75) is 25.5 Å². The second-order valence-electron chi connectivity index (χ2n) is 4.08. The van der Waals surface area contributed by atoms with E-state index >= 15 is 0 Å². The summed E-state index contributed by atoms with van der Waals surface area (Å²) in [6.07, 6.45) is -0.466. The predicted molar refractivity (Wildman–Crippen MR) is 64.7 cm³/mol. The van der Waals surface area contributed by atoms with E-state index in [4.69, 9.17) is 0 Å². The van der Waals surface area contributed by atoms with E-state index < -0.39 is 6.10 Å². The maximum atomic E-state index is 10.2. The third-order valence-electron chi connectivity index (χ3n) is 2.71. The Morgan fingerprint density at radius 2 is 2.07 bits per heavy atom. The van der Waals surface area contributed by atoms with Crippen molar-refractivity contribution in [2.75, 3.05) is 14.1 Å². The fraction of sp³-hybridized carbons (Fsp3) is 0.600. The van der Waals surface area contributed by atoms with Crippen LogP contribution in [-0.2, 0) is 0 Å². The van der Waals surface area contributed by atoms with Crippen LogP contribution in [0, 0.1) is 0 Å². The highest BCUT2D eigenvalue weighted by Crippen LogP contribution is 2.36. The lowest BCUT2D eigenvalue weighted by molar-refractivity contribution is 0.0183. The Kier molecular flexibility index (Phi) is 3.75. The van der Waals surface area contributed by atoms with Gasteiger partial charge in [-0.15, -0.1) is 11.3 Å². The van der Waals surface area contributed by atoms with E-state index in [1.165, 1.54) is 0 Å². The van der Waals surface area contributed by atoms with Crippen LogP contribution in [0.4, 0.5) is 0 Å². The summed E-state index contributed by atoms with van der Waals surface area (Å²) in [6, 6.07) is 1.97. The molecule has 2 nitrogen and oxygen atoms in total. The number of hydrogen-bond donors (Lipinski definition) is 1. The van der Waals surface area contributed by atoms with Crippen molar-refractivity contribution in [2.24, 2.45) is 0 Å². The molecule has 0 fully saturated rings. The van der Waals surface area contributed by atoms with Gasteiger partial charge in [0.2, 0.25) is 0 Å². The molecule has 1 aromatic rings. The van der Waals surface area contributed by atoms with Crippen LogP contribution in [0.25, 0.3) is 0 Å². The maximum Gasteiger partial charge on any atom is 0.107 e. The molecular formula is C10H16BrNOS. The fourth-order valence-corrected chi connectivity index (χ4v) is 2.82. The Morgan fingerprint density at radius 3 is 2.43 bits per heavy atom. The quantitative estimate of drug-likeness (QED) is 0.919. The molecule has 0 spiro atoms. The molecule has 0 bridgehead atoms. The molecule has 1 N–H and O–H groups in total. The number of aliphatic hydroxyl groups is 1. The minimum Gasteiger partial charge on any atom is -0.386 e. The minimum absolute atomic E-state index is 0.257. The second-order valence-corrected chi connectivity index (χ2v) is 5.89. The third-order valence-corrected chi connectivity index (χ3v) is 4.64. The van der Waals surface area contributed by atoms with Crippen molar-refractivity contribution < 1.29 is 5.11 Å². The molecule has 0 aliphatic heterocycles. The zero-order valence-corrected chi connectivity index (χ0v) is 11.3. The molecule has 0 saturated carbocycles. The molecule has 1 heterocycles. The summed E-state index contributed by atoms with van der Waals surface area (Å²) < 4.78 is 0.991. The Balaban J connectivity index is 2.96. The summed E-state index contributed by atoms with van der Waals surface area (Å²) in [5.41, 5.74) is -0.257. The Morgan fingerprint density at radius 1 is 1.50 bits per heavy atom. The van der Waals surface area contributed by atoms with Gasteiger partial charge in [0.25, 0.3) is 0 Å². The lowest BCUT2D eigenvalue weighted by Crippen LogP contribution is -2.43. The SMILES string of the molecule is CN(C)C(C)(C)C(O)c1sccc1Br. The van der Waals surface area contributed by atoms with Gasteiger partial charge in [0, 0.05) is 14.9 Å². The van der Waals surface area contributed by atoms with Gasteiger partial charge in [-0.3, -0.25) is 0 Å². The second kappa shape index (κ2) is 4.31. The molecule has 1 atom stereocenters. The molecule has 80 valence electrons. The highest BCUT2D eigenvalue weighted by Gasteiger charge is 2.33. The van der Waals surface area contributed by atoms with Crippen LogP contribution < -0.4 is 0 Å². The summed E-state index contributed by atoms with van der Waals surface area (Å²) in [5, 5.41) is 12.2. The first kappa shape index (κ1) is 12.2. The molecule has 0 aliphatic carbocycles. The molecule has 0 aromatic carbocycles. The number of rotatable bonds is 3. The minimum atomic E-state index is -0.466. The van der Waals surface area contributed by atoms with Crippen LogP contribution in [0.1, 0.15) is 24.8 Å². The molecule has 0 radical (unpaired) electrons. The summed E-state index contributed by atoms with van der Waals surface area (Å²) in [7, 11) is 3.95. The lowest BCUT2D eigenvalue weighted by Gasteiger charge is -2.36. The highest BCUT2D eigenvalue weighted by molar-refractivity contribution is 9.10. The third kappa shape index (κ3) is 2.19. The number of likely N-dealkylation sites (N-methyl/N-ethyl adjacent to an activating group) is 1. The summed E-state index contributed by atoms with van der Waals surface area (Å²) in [6.45, 7) is 4.06. The van der Waals surface area contributed by atoms with Crippen molar-refractivity contribution in [1.29, 1.82) is 0 Å². The number of aliphatic hydroxyl groups excluding tert-OH is 1. The number of nitrogens with zero attached hydrogens (tertiary/aromatic N) is 1. The van der Waals surface area contributed by atoms with Crippen LogP contribution in [0.15, 0.2) is 15.9 Å². The van der Waals surface area contributed by atoms with E-state index in [9.17, 15) is 5.11 Å². The van der Waals surface area contributed by atoms with Gasteiger partial charge in [-0.1, -0.05) is 0 Å². The summed E-state index contributed by atoms with van der Waals surface area (Å²) in [5.74, 6) is 0. The van der Waals surface area contributed by atoms with Crippen molar-refractivity contribution in [1.82, 2.24) is 4.90 Å². The van der Waals surface area contributed by atoms with Crippen molar-refractivity contribution >= 4 is 27.3 Å². The van der Waals surface area contributed by atoms with E-state index in [0.717, 1.165) is 9.35 Å². The van der Waals surface area contributed by atoms with Gasteiger partial charge in [-0.05, 0) is 55.3 Å². The van der Waals surface area contributed by atoms with Crippen molar-refractivity contribution in [3.05, 3.63) is 20.8 Å². The summed E-state index contributed by atoms with van der Waals surface area (Å²) in [4.78, 5) is 3.02. The van der Waals surface area contributed by atoms with Gasteiger partial charge >= 0.3 is 0 Å². The van der Waals surface area contributed by atoms with Crippen LogP contribution >= 0.6 is 27.3 Å².